The molecule has 0 radical (unpaired) electrons. The van der Waals surface area contributed by atoms with E-state index in [9.17, 15) is 17.6 Å². The Morgan fingerprint density at radius 2 is 1.92 bits per heavy atom. The predicted molar refractivity (Wildman–Crippen MR) is 131 cm³/mol. The zero-order valence-corrected chi connectivity index (χ0v) is 20.9. The van der Waals surface area contributed by atoms with Gasteiger partial charge in [-0.05, 0) is 30.7 Å². The number of amides is 1. The number of pyridine rings is 1. The molecule has 0 saturated carbocycles. The van der Waals surface area contributed by atoms with Crippen molar-refractivity contribution in [3.8, 4) is 17.0 Å². The third kappa shape index (κ3) is 4.91. The molecule has 0 aliphatic rings. The Balaban J connectivity index is 1.78. The van der Waals surface area contributed by atoms with Crippen molar-refractivity contribution >= 4 is 44.1 Å². The number of hydrogen-bond acceptors (Lipinski definition) is 6. The van der Waals surface area contributed by atoms with Crippen molar-refractivity contribution in [1.29, 1.82) is 0 Å². The number of nitrogens with one attached hydrogen (secondary N) is 3. The molecular formula is C23H19ClF3N5O4S. The summed E-state index contributed by atoms with van der Waals surface area (Å²) in [4.78, 5) is 15.6. The van der Waals surface area contributed by atoms with Crippen LogP contribution in [0.5, 0.6) is 5.88 Å². The number of carbonyl (C=O) groups is 1. The summed E-state index contributed by atoms with van der Waals surface area (Å²) >= 11 is 5.84. The van der Waals surface area contributed by atoms with Crippen molar-refractivity contribution in [3.63, 3.8) is 0 Å². The highest BCUT2D eigenvalue weighted by molar-refractivity contribution is 7.92. The smallest absolute Gasteiger partial charge is 0.272 e. The lowest BCUT2D eigenvalue weighted by Crippen LogP contribution is -2.24. The van der Waals surface area contributed by atoms with Crippen molar-refractivity contribution in [2.45, 2.75) is 18.2 Å². The number of rotatable bonds is 8. The zero-order valence-electron chi connectivity index (χ0n) is 19.3. The number of nitrogens with zero attached hydrogens (tertiary/aromatic N) is 2. The molecule has 0 saturated heterocycles. The maximum absolute atomic E-state index is 15.5. The van der Waals surface area contributed by atoms with Crippen molar-refractivity contribution in [2.75, 3.05) is 18.4 Å². The summed E-state index contributed by atoms with van der Waals surface area (Å²) in [5, 5.41) is 8.90. The van der Waals surface area contributed by atoms with Crippen LogP contribution in [0, 0.1) is 17.5 Å². The number of hydrogen-bond donors (Lipinski definition) is 3. The monoisotopic (exact) mass is 553 g/mol. The number of H-pyrrole nitrogens is 1. The fraction of sp³-hybridized carbons (Fsp3) is 0.174. The molecule has 1 amide bonds. The van der Waals surface area contributed by atoms with Gasteiger partial charge in [-0.3, -0.25) is 14.6 Å². The van der Waals surface area contributed by atoms with E-state index in [4.69, 9.17) is 16.3 Å². The molecule has 0 atom stereocenters. The normalized spacial score (nSPS) is 11.5. The van der Waals surface area contributed by atoms with E-state index >= 15 is 8.78 Å². The van der Waals surface area contributed by atoms with Gasteiger partial charge in [0.1, 0.15) is 11.3 Å². The van der Waals surface area contributed by atoms with Gasteiger partial charge in [0.2, 0.25) is 5.88 Å². The molecule has 4 aromatic rings. The number of aromatic nitrogens is 3. The molecule has 3 N–H and O–H groups in total. The van der Waals surface area contributed by atoms with Crippen LogP contribution in [0.1, 0.15) is 23.8 Å². The minimum atomic E-state index is -4.51. The summed E-state index contributed by atoms with van der Waals surface area (Å²) in [6.07, 6.45) is 1.83. The van der Waals surface area contributed by atoms with E-state index in [2.05, 4.69) is 20.5 Å². The molecule has 0 spiro atoms. The summed E-state index contributed by atoms with van der Waals surface area (Å²) in [6.45, 7) is 2.23. The highest BCUT2D eigenvalue weighted by atomic mass is 35.5. The molecule has 194 valence electrons. The van der Waals surface area contributed by atoms with Gasteiger partial charge in [-0.15, -0.1) is 0 Å². The van der Waals surface area contributed by atoms with Gasteiger partial charge in [0.15, 0.2) is 22.2 Å². The van der Waals surface area contributed by atoms with Crippen LogP contribution < -0.4 is 14.8 Å². The van der Waals surface area contributed by atoms with E-state index in [-0.39, 0.29) is 27.5 Å². The molecular weight excluding hydrogens is 535 g/mol. The van der Waals surface area contributed by atoms with E-state index < -0.39 is 55.1 Å². The Kier molecular flexibility index (Phi) is 7.28. The van der Waals surface area contributed by atoms with E-state index in [1.807, 2.05) is 11.6 Å². The van der Waals surface area contributed by atoms with Crippen LogP contribution in [0.3, 0.4) is 0 Å². The largest absolute Gasteiger partial charge is 0.480 e. The number of aromatic amines is 1. The summed E-state index contributed by atoms with van der Waals surface area (Å²) in [5.74, 6) is -4.47. The van der Waals surface area contributed by atoms with Crippen LogP contribution in [0.15, 0.2) is 41.4 Å². The first kappa shape index (κ1) is 26.2. The third-order valence-electron chi connectivity index (χ3n) is 5.30. The van der Waals surface area contributed by atoms with Gasteiger partial charge in [-0.1, -0.05) is 24.6 Å². The minimum absolute atomic E-state index is 0.0286. The van der Waals surface area contributed by atoms with Crippen LogP contribution in [0.2, 0.25) is 5.02 Å². The first-order valence-corrected chi connectivity index (χ1v) is 12.6. The Hall–Kier alpha value is -3.84. The van der Waals surface area contributed by atoms with Crippen LogP contribution in [0.25, 0.3) is 22.0 Å². The number of halogens is 4. The fourth-order valence-corrected chi connectivity index (χ4v) is 5.00. The predicted octanol–water partition coefficient (Wildman–Crippen LogP) is 4.64. The van der Waals surface area contributed by atoms with Crippen molar-refractivity contribution in [3.05, 3.63) is 64.7 Å². The van der Waals surface area contributed by atoms with Crippen LogP contribution in [-0.4, -0.2) is 43.2 Å². The second kappa shape index (κ2) is 10.3. The lowest BCUT2D eigenvalue weighted by Gasteiger charge is -2.14. The first-order valence-electron chi connectivity index (χ1n) is 10.7. The molecule has 0 aliphatic heterocycles. The van der Waals surface area contributed by atoms with Crippen molar-refractivity contribution < 1.29 is 31.1 Å². The van der Waals surface area contributed by atoms with Gasteiger partial charge in [-0.25, -0.2) is 26.6 Å². The Morgan fingerprint density at radius 1 is 1.16 bits per heavy atom. The quantitative estimate of drug-likeness (QED) is 0.292. The van der Waals surface area contributed by atoms with Gasteiger partial charge in [-0.2, -0.15) is 5.10 Å². The summed E-state index contributed by atoms with van der Waals surface area (Å²) in [5.41, 5.74) is -2.35. The van der Waals surface area contributed by atoms with Gasteiger partial charge < -0.3 is 10.1 Å². The number of anilines is 1. The maximum Gasteiger partial charge on any atom is 0.272 e. The van der Waals surface area contributed by atoms with E-state index in [1.54, 1.807) is 0 Å². The molecule has 9 nitrogen and oxygen atoms in total. The molecule has 0 aliphatic carbocycles. The maximum atomic E-state index is 15.5. The Morgan fingerprint density at radius 3 is 2.62 bits per heavy atom. The lowest BCUT2D eigenvalue weighted by molar-refractivity contribution is 0.0950. The van der Waals surface area contributed by atoms with Crippen LogP contribution in [0.4, 0.5) is 18.9 Å². The highest BCUT2D eigenvalue weighted by Crippen LogP contribution is 2.36. The molecule has 0 bridgehead atoms. The summed E-state index contributed by atoms with van der Waals surface area (Å²) in [6, 6.07) is 5.03. The molecule has 2 heterocycles. The molecule has 37 heavy (non-hydrogen) atoms. The van der Waals surface area contributed by atoms with Gasteiger partial charge >= 0.3 is 0 Å². The van der Waals surface area contributed by atoms with Gasteiger partial charge in [0, 0.05) is 23.7 Å². The van der Waals surface area contributed by atoms with Gasteiger partial charge in [0.05, 0.1) is 23.4 Å². The number of sulfonamides is 1. The highest BCUT2D eigenvalue weighted by Gasteiger charge is 2.27. The number of benzene rings is 2. The molecule has 2 aromatic heterocycles. The number of ether oxygens (including phenoxy) is 1. The molecule has 4 rings (SSSR count). The SMILES string of the molecule is CCCNC(=O)c1n[nH]c2c(F)c(-c3c(F)ccc(NS(=O)(=O)c4cc(Cl)cnc4OC)c3F)ccc12. The molecule has 0 unspecified atom stereocenters. The second-order valence-corrected chi connectivity index (χ2v) is 9.82. The van der Waals surface area contributed by atoms with Crippen LogP contribution in [-0.2, 0) is 10.0 Å². The Labute approximate surface area is 214 Å². The fourth-order valence-electron chi connectivity index (χ4n) is 3.58. The van der Waals surface area contributed by atoms with E-state index in [0.29, 0.717) is 13.0 Å². The molecule has 2 aromatic carbocycles. The van der Waals surface area contributed by atoms with E-state index in [0.717, 1.165) is 30.5 Å². The number of carbonyl (C=O) groups excluding carboxylic acids is 1. The topological polar surface area (TPSA) is 126 Å². The first-order chi connectivity index (χ1) is 17.6. The zero-order chi connectivity index (χ0) is 26.9. The Bertz CT molecular complexity index is 1630. The van der Waals surface area contributed by atoms with Crippen molar-refractivity contribution in [1.82, 2.24) is 20.5 Å². The van der Waals surface area contributed by atoms with Crippen molar-refractivity contribution in [2.24, 2.45) is 0 Å². The average Bonchev–Trinajstić information content (AvgIpc) is 3.31. The van der Waals surface area contributed by atoms with Crippen LogP contribution >= 0.6 is 11.6 Å². The standard InChI is InChI=1S/C23H19ClF3N5O4S/c1-3-8-28-22(33)21-13-5-4-12(18(26)20(13)30-31-21)17-14(25)6-7-15(19(17)27)32-37(34,35)16-9-11(24)10-29-23(16)36-2/h4-7,9-10,32H,3,8H2,1-2H3,(H,28,33)(H,30,31). The van der Waals surface area contributed by atoms with E-state index in [1.165, 1.54) is 13.2 Å². The summed E-state index contributed by atoms with van der Waals surface area (Å²) in [7, 11) is -3.33. The second-order valence-electron chi connectivity index (χ2n) is 7.73. The minimum Gasteiger partial charge on any atom is -0.480 e. The molecule has 0 fully saturated rings. The number of methoxy groups -OCH3 is 1. The average molecular weight is 554 g/mol. The lowest BCUT2D eigenvalue weighted by atomic mass is 10.0. The van der Waals surface area contributed by atoms with Gasteiger partial charge in [0.25, 0.3) is 15.9 Å². The molecule has 14 heteroatoms. The third-order valence-corrected chi connectivity index (χ3v) is 6.87. The summed E-state index contributed by atoms with van der Waals surface area (Å²) < 4.78 is 78.4. The number of fused-ring (bicyclic) bond motifs is 1.